The van der Waals surface area contributed by atoms with Gasteiger partial charge >= 0.3 is 5.97 Å². The van der Waals surface area contributed by atoms with Crippen LogP contribution in [0.25, 0.3) is 0 Å². The molecule has 0 radical (unpaired) electrons. The predicted octanol–water partition coefficient (Wildman–Crippen LogP) is -0.0553. The molecule has 0 aromatic carbocycles. The predicted molar refractivity (Wildman–Crippen MR) is 79.2 cm³/mol. The zero-order valence-corrected chi connectivity index (χ0v) is 13.3. The summed E-state index contributed by atoms with van der Waals surface area (Å²) in [6.07, 6.45) is 0.0164. The maximum atomic E-state index is 12.1. The molecular formula is C13H22N2O5S. The molecule has 2 N–H and O–H groups in total. The van der Waals surface area contributed by atoms with Crippen LogP contribution in [-0.4, -0.2) is 70.6 Å². The molecule has 1 aliphatic rings. The van der Waals surface area contributed by atoms with Crippen LogP contribution in [0.3, 0.4) is 0 Å². The van der Waals surface area contributed by atoms with E-state index in [9.17, 15) is 14.4 Å². The second-order valence-electron chi connectivity index (χ2n) is 5.16. The molecule has 0 aliphatic carbocycles. The molecule has 0 spiro atoms. The minimum absolute atomic E-state index is 0.00819. The van der Waals surface area contributed by atoms with Crippen LogP contribution in [0.2, 0.25) is 0 Å². The number of thioether (sulfide) groups is 1. The number of morpholine rings is 1. The van der Waals surface area contributed by atoms with Crippen molar-refractivity contribution in [3.63, 3.8) is 0 Å². The molecule has 1 heterocycles. The number of carbonyl (C=O) groups is 3. The van der Waals surface area contributed by atoms with E-state index in [0.717, 1.165) is 0 Å². The topological polar surface area (TPSA) is 95.9 Å². The summed E-state index contributed by atoms with van der Waals surface area (Å²) in [6, 6.07) is -0.970. The number of hydrogen-bond acceptors (Lipinski definition) is 5. The van der Waals surface area contributed by atoms with E-state index in [2.05, 4.69) is 5.32 Å². The SMILES string of the molecule is CC(=O)NC(CSCC(=O)N1CC(C)OC(C)C1)C(=O)O. The Labute approximate surface area is 128 Å². The highest BCUT2D eigenvalue weighted by atomic mass is 32.2. The Morgan fingerprint density at radius 3 is 2.38 bits per heavy atom. The molecule has 0 saturated carbocycles. The molecule has 1 aliphatic heterocycles. The van der Waals surface area contributed by atoms with E-state index in [-0.39, 0.29) is 29.6 Å². The van der Waals surface area contributed by atoms with Crippen LogP contribution in [0.15, 0.2) is 0 Å². The summed E-state index contributed by atoms with van der Waals surface area (Å²) in [4.78, 5) is 35.7. The molecule has 1 rings (SSSR count). The van der Waals surface area contributed by atoms with Crippen LogP contribution >= 0.6 is 11.8 Å². The van der Waals surface area contributed by atoms with Gasteiger partial charge in [-0.2, -0.15) is 0 Å². The van der Waals surface area contributed by atoms with Gasteiger partial charge in [0.1, 0.15) is 6.04 Å². The van der Waals surface area contributed by atoms with Crippen molar-refractivity contribution < 1.29 is 24.2 Å². The number of amides is 2. The summed E-state index contributed by atoms with van der Waals surface area (Å²) < 4.78 is 5.56. The van der Waals surface area contributed by atoms with Crippen LogP contribution in [0.4, 0.5) is 0 Å². The second kappa shape index (κ2) is 8.23. The molecule has 3 atom stereocenters. The summed E-state index contributed by atoms with van der Waals surface area (Å²) >= 11 is 1.21. The maximum absolute atomic E-state index is 12.1. The number of rotatable bonds is 6. The molecule has 1 saturated heterocycles. The van der Waals surface area contributed by atoms with Gasteiger partial charge in [0.25, 0.3) is 0 Å². The zero-order valence-electron chi connectivity index (χ0n) is 12.5. The van der Waals surface area contributed by atoms with E-state index in [1.807, 2.05) is 13.8 Å². The fourth-order valence-corrected chi connectivity index (χ4v) is 3.09. The molecule has 0 aromatic rings. The Kier molecular flexibility index (Phi) is 6.97. The first-order chi connectivity index (χ1) is 9.79. The van der Waals surface area contributed by atoms with Gasteiger partial charge in [-0.15, -0.1) is 11.8 Å². The van der Waals surface area contributed by atoms with Crippen molar-refractivity contribution in [2.75, 3.05) is 24.6 Å². The lowest BCUT2D eigenvalue weighted by Gasteiger charge is -2.35. The van der Waals surface area contributed by atoms with E-state index in [1.165, 1.54) is 18.7 Å². The number of ether oxygens (including phenoxy) is 1. The fraction of sp³-hybridized carbons (Fsp3) is 0.769. The molecule has 2 amide bonds. The van der Waals surface area contributed by atoms with Gasteiger partial charge in [-0.3, -0.25) is 9.59 Å². The molecule has 21 heavy (non-hydrogen) atoms. The number of carboxylic acid groups (broad SMARTS) is 1. The number of hydrogen-bond donors (Lipinski definition) is 2. The number of carbonyl (C=O) groups excluding carboxylic acids is 2. The van der Waals surface area contributed by atoms with E-state index in [0.29, 0.717) is 13.1 Å². The molecule has 0 bridgehead atoms. The van der Waals surface area contributed by atoms with Crippen molar-refractivity contribution in [3.8, 4) is 0 Å². The van der Waals surface area contributed by atoms with Gasteiger partial charge in [-0.05, 0) is 13.8 Å². The van der Waals surface area contributed by atoms with Crippen LogP contribution in [0.1, 0.15) is 20.8 Å². The Morgan fingerprint density at radius 1 is 1.33 bits per heavy atom. The first-order valence-corrected chi connectivity index (χ1v) is 7.96. The van der Waals surface area contributed by atoms with Crippen LogP contribution in [0, 0.1) is 0 Å². The number of aliphatic carboxylic acids is 1. The molecule has 3 unspecified atom stereocenters. The fourth-order valence-electron chi connectivity index (χ4n) is 2.16. The third-order valence-corrected chi connectivity index (χ3v) is 3.98. The highest BCUT2D eigenvalue weighted by molar-refractivity contribution is 8.00. The first kappa shape index (κ1) is 17.8. The number of nitrogens with one attached hydrogen (secondary N) is 1. The zero-order chi connectivity index (χ0) is 16.0. The van der Waals surface area contributed by atoms with Crippen LogP contribution < -0.4 is 5.32 Å². The van der Waals surface area contributed by atoms with Crippen LogP contribution in [-0.2, 0) is 19.1 Å². The van der Waals surface area contributed by atoms with Crippen LogP contribution in [0.5, 0.6) is 0 Å². The van der Waals surface area contributed by atoms with Gasteiger partial charge < -0.3 is 20.1 Å². The quantitative estimate of drug-likeness (QED) is 0.712. The minimum Gasteiger partial charge on any atom is -0.480 e. The lowest BCUT2D eigenvalue weighted by Crippen LogP contribution is -2.49. The summed E-state index contributed by atoms with van der Waals surface area (Å²) in [7, 11) is 0. The summed E-state index contributed by atoms with van der Waals surface area (Å²) in [5.74, 6) is -1.17. The van der Waals surface area contributed by atoms with E-state index in [4.69, 9.17) is 9.84 Å². The highest BCUT2D eigenvalue weighted by Crippen LogP contribution is 2.13. The van der Waals surface area contributed by atoms with Crippen molar-refractivity contribution in [2.45, 2.75) is 39.0 Å². The van der Waals surface area contributed by atoms with Crippen molar-refractivity contribution in [3.05, 3.63) is 0 Å². The number of carboxylic acids is 1. The Bertz CT molecular complexity index is 394. The molecular weight excluding hydrogens is 296 g/mol. The van der Waals surface area contributed by atoms with E-state index < -0.39 is 17.9 Å². The Hall–Kier alpha value is -1.28. The second-order valence-corrected chi connectivity index (χ2v) is 6.19. The summed E-state index contributed by atoms with van der Waals surface area (Å²) in [6.45, 7) is 6.21. The average Bonchev–Trinajstić information content (AvgIpc) is 2.35. The molecule has 1 fully saturated rings. The van der Waals surface area contributed by atoms with E-state index in [1.54, 1.807) is 4.90 Å². The van der Waals surface area contributed by atoms with Crippen molar-refractivity contribution >= 4 is 29.5 Å². The third kappa shape index (κ3) is 6.34. The average molecular weight is 318 g/mol. The molecule has 120 valence electrons. The maximum Gasteiger partial charge on any atom is 0.327 e. The molecule has 7 nitrogen and oxygen atoms in total. The van der Waals surface area contributed by atoms with Gasteiger partial charge in [-0.25, -0.2) is 4.79 Å². The van der Waals surface area contributed by atoms with Gasteiger partial charge in [-0.1, -0.05) is 0 Å². The number of nitrogens with zero attached hydrogens (tertiary/aromatic N) is 1. The summed E-state index contributed by atoms with van der Waals surface area (Å²) in [5.41, 5.74) is 0. The first-order valence-electron chi connectivity index (χ1n) is 6.80. The van der Waals surface area contributed by atoms with Gasteiger partial charge in [0.05, 0.1) is 18.0 Å². The molecule has 0 aromatic heterocycles. The van der Waals surface area contributed by atoms with Gasteiger partial charge in [0, 0.05) is 25.8 Å². The lowest BCUT2D eigenvalue weighted by molar-refractivity contribution is -0.141. The van der Waals surface area contributed by atoms with E-state index >= 15 is 0 Å². The van der Waals surface area contributed by atoms with Crippen molar-refractivity contribution in [2.24, 2.45) is 0 Å². The normalized spacial score (nSPS) is 23.5. The minimum atomic E-state index is -1.10. The smallest absolute Gasteiger partial charge is 0.327 e. The monoisotopic (exact) mass is 318 g/mol. The Morgan fingerprint density at radius 2 is 1.90 bits per heavy atom. The standard InChI is InChI=1S/C13H22N2O5S/c1-8-4-15(5-9(2)20-8)12(17)7-21-6-11(13(18)19)14-10(3)16/h8-9,11H,4-7H2,1-3H3,(H,14,16)(H,18,19). The molecule has 8 heteroatoms. The lowest BCUT2D eigenvalue weighted by atomic mass is 10.2. The Balaban J connectivity index is 2.38. The van der Waals surface area contributed by atoms with Gasteiger partial charge in [0.2, 0.25) is 11.8 Å². The highest BCUT2D eigenvalue weighted by Gasteiger charge is 2.26. The largest absolute Gasteiger partial charge is 0.480 e. The van der Waals surface area contributed by atoms with Crippen molar-refractivity contribution in [1.82, 2.24) is 10.2 Å². The van der Waals surface area contributed by atoms with Gasteiger partial charge in [0.15, 0.2) is 0 Å². The van der Waals surface area contributed by atoms with Crippen molar-refractivity contribution in [1.29, 1.82) is 0 Å². The third-order valence-electron chi connectivity index (χ3n) is 2.96. The summed E-state index contributed by atoms with van der Waals surface area (Å²) in [5, 5.41) is 11.3.